The average molecular weight is 1570 g/mol. The zero-order valence-corrected chi connectivity index (χ0v) is 70.4. The molecule has 0 amide bonds. The molecule has 4 heteroatoms. The summed E-state index contributed by atoms with van der Waals surface area (Å²) in [6, 6.07) is 114. The first-order valence-corrected chi connectivity index (χ1v) is 45.9. The number of rotatable bonds is 31. The SMILES string of the molecule is CCCCCCCC1(CCCCCCC)c2ccccc2-c2c1c1c(c3c2oc2ccccc23)-c2ccc(N(c3ccc4c(c3)C(c3ccccc3)(c3ccccc3)c3cc5c(cc3-4)C(c3ccccc3)(c3ccccc3)c3ccc4oc6ccccc6c4c3-5)c3cccc4c3oc3ccccc34)cc2C1(CCCCCCC)CCCCCCC. The van der Waals surface area contributed by atoms with Crippen LogP contribution >= 0.6 is 0 Å². The van der Waals surface area contributed by atoms with Crippen molar-refractivity contribution in [2.24, 2.45) is 0 Å². The highest BCUT2D eigenvalue weighted by Gasteiger charge is 2.56. The Hall–Kier alpha value is -11.7. The number of para-hydroxylation sites is 4. The minimum atomic E-state index is -0.827. The van der Waals surface area contributed by atoms with E-state index in [-0.39, 0.29) is 10.8 Å². The van der Waals surface area contributed by atoms with Crippen LogP contribution in [-0.2, 0) is 21.7 Å². The molecule has 3 aromatic heterocycles. The first-order chi connectivity index (χ1) is 59.4. The summed E-state index contributed by atoms with van der Waals surface area (Å²) in [5, 5.41) is 7.01. The third kappa shape index (κ3) is 11.7. The molecule has 0 saturated heterocycles. The van der Waals surface area contributed by atoms with Gasteiger partial charge in [0.15, 0.2) is 5.58 Å². The Bertz CT molecular complexity index is 6580. The molecule has 0 fully saturated rings. The quantitative estimate of drug-likeness (QED) is 0.0406. The molecule has 120 heavy (non-hydrogen) atoms. The monoisotopic (exact) mass is 1560 g/mol. The van der Waals surface area contributed by atoms with Gasteiger partial charge in [0.2, 0.25) is 0 Å². The van der Waals surface area contributed by atoms with Gasteiger partial charge in [0.1, 0.15) is 27.9 Å². The van der Waals surface area contributed by atoms with Crippen LogP contribution in [0.2, 0.25) is 0 Å². The normalized spacial score (nSPS) is 14.6. The number of unbranched alkanes of at least 4 members (excludes halogenated alkanes) is 16. The third-order valence-corrected chi connectivity index (χ3v) is 29.0. The molecule has 0 spiro atoms. The van der Waals surface area contributed by atoms with Gasteiger partial charge in [-0.1, -0.05) is 387 Å². The fourth-order valence-electron chi connectivity index (χ4n) is 23.8. The Morgan fingerprint density at radius 2 is 0.650 bits per heavy atom. The van der Waals surface area contributed by atoms with Crippen molar-refractivity contribution in [2.75, 3.05) is 4.90 Å². The Morgan fingerprint density at radius 1 is 0.242 bits per heavy atom. The average Bonchev–Trinajstić information content (AvgIpc) is 1.48. The lowest BCUT2D eigenvalue weighted by Gasteiger charge is -2.40. The van der Waals surface area contributed by atoms with E-state index in [4.69, 9.17) is 13.3 Å². The fourth-order valence-corrected chi connectivity index (χ4v) is 23.8. The number of nitrogens with zero attached hydrogens (tertiary/aromatic N) is 1. The van der Waals surface area contributed by atoms with E-state index in [1.165, 1.54) is 226 Å². The fraction of sp³-hybridized carbons (Fsp3) is 0.276. The zero-order chi connectivity index (χ0) is 80.5. The lowest BCUT2D eigenvalue weighted by molar-refractivity contribution is 0.369. The standard InChI is InChI=1S/C116H109NO3/c1-5-9-13-17-41-70-113(71-42-18-14-10-6-2)93-59-37-33-55-87(93)108-110(113)109-106(107-90-57-36-40-63-102(90)120-112(107)108)88-67-65-82(74-95(88)114(109,72-43-19-15-11-7-3)73-44-20-16-12-8-4)117(99-60-45-58-86-85-54-34-38-61-100(85)119-111(86)99)83-64-66-84-91-76-98-92(77-97(91)116(96(84)75-83,80-50-29-23-30-51-80)81-52-31-24-32-53-81)104-94(68-69-103-105(104)89-56-35-39-62-101(89)118-103)115(98,78-46-25-21-26-47-78)79-48-27-22-28-49-79/h21-40,45-69,74-77H,5-20,41-44,70-73H2,1-4H3. The molecule has 14 aromatic carbocycles. The van der Waals surface area contributed by atoms with Crippen LogP contribution in [0.3, 0.4) is 0 Å². The molecule has 0 radical (unpaired) electrons. The van der Waals surface area contributed by atoms with Crippen LogP contribution < -0.4 is 4.90 Å². The highest BCUT2D eigenvalue weighted by Crippen LogP contribution is 2.70. The van der Waals surface area contributed by atoms with Crippen LogP contribution in [0, 0.1) is 0 Å². The van der Waals surface area contributed by atoms with Crippen molar-refractivity contribution in [1.29, 1.82) is 0 Å². The van der Waals surface area contributed by atoms with Crippen LogP contribution in [0.4, 0.5) is 17.1 Å². The molecule has 17 aromatic rings. The second kappa shape index (κ2) is 31.5. The van der Waals surface area contributed by atoms with E-state index < -0.39 is 10.8 Å². The van der Waals surface area contributed by atoms with Gasteiger partial charge >= 0.3 is 0 Å². The molecular weight excluding hydrogens is 1460 g/mol. The molecule has 0 saturated carbocycles. The largest absolute Gasteiger partial charge is 0.456 e. The van der Waals surface area contributed by atoms with Crippen LogP contribution in [0.5, 0.6) is 0 Å². The van der Waals surface area contributed by atoms with Gasteiger partial charge in [-0.3, -0.25) is 0 Å². The summed E-state index contributed by atoms with van der Waals surface area (Å²) in [4.78, 5) is 2.64. The van der Waals surface area contributed by atoms with Crippen LogP contribution in [0.1, 0.15) is 249 Å². The van der Waals surface area contributed by atoms with Gasteiger partial charge < -0.3 is 18.2 Å². The van der Waals surface area contributed by atoms with Crippen molar-refractivity contribution in [3.8, 4) is 44.5 Å². The number of hydrogen-bond donors (Lipinski definition) is 0. The molecule has 596 valence electrons. The summed E-state index contributed by atoms with van der Waals surface area (Å²) >= 11 is 0. The van der Waals surface area contributed by atoms with E-state index in [1.807, 2.05) is 0 Å². The number of fused-ring (bicyclic) bond motifs is 25. The number of hydrogen-bond acceptors (Lipinski definition) is 4. The molecule has 0 atom stereocenters. The Balaban J connectivity index is 0.855. The zero-order valence-electron chi connectivity index (χ0n) is 70.4. The molecular formula is C116H109NO3. The topological polar surface area (TPSA) is 42.7 Å². The number of benzene rings is 14. The van der Waals surface area contributed by atoms with Gasteiger partial charge in [0, 0.05) is 60.1 Å². The highest BCUT2D eigenvalue weighted by molar-refractivity contribution is 6.22. The first kappa shape index (κ1) is 75.7. The maximum Gasteiger partial charge on any atom is 0.159 e. The molecule has 0 aliphatic heterocycles. The van der Waals surface area contributed by atoms with Gasteiger partial charge in [0.05, 0.1) is 16.5 Å². The molecule has 4 nitrogen and oxygen atoms in total. The van der Waals surface area contributed by atoms with Crippen molar-refractivity contribution < 1.29 is 13.3 Å². The minimum absolute atomic E-state index is 0.217. The van der Waals surface area contributed by atoms with E-state index in [0.29, 0.717) is 0 Å². The summed E-state index contributed by atoms with van der Waals surface area (Å²) in [5.41, 5.74) is 33.3. The van der Waals surface area contributed by atoms with E-state index in [2.05, 4.69) is 330 Å². The number of furan rings is 3. The Morgan fingerprint density at radius 3 is 1.22 bits per heavy atom. The van der Waals surface area contributed by atoms with Crippen molar-refractivity contribution in [2.45, 2.75) is 203 Å². The molecule has 4 aliphatic rings. The van der Waals surface area contributed by atoms with Crippen LogP contribution in [0.15, 0.2) is 311 Å². The summed E-state index contributed by atoms with van der Waals surface area (Å²) in [5.74, 6) is 0. The molecule has 0 unspecified atom stereocenters. The Labute approximate surface area is 708 Å². The summed E-state index contributed by atoms with van der Waals surface area (Å²) in [6.45, 7) is 9.49. The van der Waals surface area contributed by atoms with E-state index in [1.54, 1.807) is 11.1 Å². The van der Waals surface area contributed by atoms with Crippen molar-refractivity contribution in [3.05, 3.63) is 364 Å². The molecule has 0 N–H and O–H groups in total. The molecule has 0 bridgehead atoms. The lowest BCUT2D eigenvalue weighted by atomic mass is 9.62. The smallest absolute Gasteiger partial charge is 0.159 e. The third-order valence-electron chi connectivity index (χ3n) is 29.0. The predicted octanol–water partition coefficient (Wildman–Crippen LogP) is 33.6. The highest BCUT2D eigenvalue weighted by atomic mass is 16.3. The van der Waals surface area contributed by atoms with E-state index in [9.17, 15) is 0 Å². The van der Waals surface area contributed by atoms with Crippen molar-refractivity contribution in [3.63, 3.8) is 0 Å². The molecule has 21 rings (SSSR count). The second-order valence-corrected chi connectivity index (χ2v) is 35.6. The number of anilines is 3. The minimum Gasteiger partial charge on any atom is -0.456 e. The van der Waals surface area contributed by atoms with E-state index >= 15 is 0 Å². The summed E-state index contributed by atoms with van der Waals surface area (Å²) in [6.07, 6.45) is 29.0. The summed E-state index contributed by atoms with van der Waals surface area (Å²) in [7, 11) is 0. The maximum absolute atomic E-state index is 7.70. The Kier molecular flexibility index (Phi) is 19.8. The molecule has 3 heterocycles. The van der Waals surface area contributed by atoms with Gasteiger partial charge in [0.25, 0.3) is 0 Å². The van der Waals surface area contributed by atoms with Crippen molar-refractivity contribution >= 4 is 82.9 Å². The van der Waals surface area contributed by atoms with Crippen LogP contribution in [0.25, 0.3) is 110 Å². The predicted molar refractivity (Wildman–Crippen MR) is 504 cm³/mol. The molecule has 4 aliphatic carbocycles. The van der Waals surface area contributed by atoms with Gasteiger partial charge in [-0.15, -0.1) is 0 Å². The second-order valence-electron chi connectivity index (χ2n) is 35.6. The van der Waals surface area contributed by atoms with Gasteiger partial charge in [-0.05, 0) is 198 Å². The maximum atomic E-state index is 7.70. The van der Waals surface area contributed by atoms with E-state index in [0.717, 1.165) is 111 Å². The van der Waals surface area contributed by atoms with Crippen molar-refractivity contribution in [1.82, 2.24) is 0 Å². The van der Waals surface area contributed by atoms with Crippen LogP contribution in [-0.4, -0.2) is 0 Å². The van der Waals surface area contributed by atoms with Gasteiger partial charge in [-0.2, -0.15) is 0 Å². The first-order valence-electron chi connectivity index (χ1n) is 45.9. The van der Waals surface area contributed by atoms with Gasteiger partial charge in [-0.25, -0.2) is 0 Å². The summed E-state index contributed by atoms with van der Waals surface area (Å²) < 4.78 is 22.1. The lowest BCUT2D eigenvalue weighted by Crippen LogP contribution is -2.33.